The Hall–Kier alpha value is 0.320. The fourth-order valence-corrected chi connectivity index (χ4v) is 4.32. The molecule has 0 fully saturated rings. The lowest BCUT2D eigenvalue weighted by molar-refractivity contribution is -0.129. The summed E-state index contributed by atoms with van der Waals surface area (Å²) in [6.45, 7) is 2.05. The minimum atomic E-state index is 0.314. The first-order valence-electron chi connectivity index (χ1n) is 13.6. The Morgan fingerprint density at radius 1 is 0.364 bits per heavy atom. The maximum absolute atomic E-state index is 5.47. The van der Waals surface area contributed by atoms with Crippen molar-refractivity contribution < 1.29 is 14.2 Å². The minimum absolute atomic E-state index is 0.314. The lowest BCUT2D eigenvalue weighted by Crippen LogP contribution is -2.05. The van der Waals surface area contributed by atoms with E-state index in [1.165, 1.54) is 103 Å². The molecule has 3 nitrogen and oxygen atoms in total. The van der Waals surface area contributed by atoms with Crippen molar-refractivity contribution >= 4 is 31.9 Å². The Balaban J connectivity index is 3.12. The summed E-state index contributed by atoms with van der Waals surface area (Å²) >= 11 is 6.97. The van der Waals surface area contributed by atoms with Crippen molar-refractivity contribution in [1.29, 1.82) is 0 Å². The predicted molar refractivity (Wildman–Crippen MR) is 152 cm³/mol. The Labute approximate surface area is 222 Å². The molecule has 33 heavy (non-hydrogen) atoms. The first-order chi connectivity index (χ1) is 16.4. The molecular formula is C28H52Br2O3. The Bertz CT molecular complexity index is 367. The van der Waals surface area contributed by atoms with Gasteiger partial charge in [0.25, 0.3) is 0 Å². The Morgan fingerprint density at radius 3 is 1.09 bits per heavy atom. The second-order valence-corrected chi connectivity index (χ2v) is 10.3. The smallest absolute Gasteiger partial charge is 0.149 e. The second kappa shape index (κ2) is 32.3. The molecule has 0 rings (SSSR count). The van der Waals surface area contributed by atoms with Gasteiger partial charge in [-0.05, 0) is 51.4 Å². The van der Waals surface area contributed by atoms with Gasteiger partial charge in [-0.2, -0.15) is 0 Å². The standard InChI is InChI=1S/C28H52Br2O3/c29-23-19-15-11-7-3-1-5-9-13-17-21-25-31-27-33-28-32-26-22-18-14-10-6-2-4-8-12-16-20-24-30/h13-14,17-18H,1-12,15-16,19-28H2. The number of unbranched alkanes of at least 4 members (excludes halogenated alkanes) is 14. The van der Waals surface area contributed by atoms with Gasteiger partial charge in [0.15, 0.2) is 0 Å². The summed E-state index contributed by atoms with van der Waals surface area (Å²) in [4.78, 5) is 0. The van der Waals surface area contributed by atoms with Crippen LogP contribution in [-0.2, 0) is 14.2 Å². The van der Waals surface area contributed by atoms with Crippen LogP contribution in [0, 0.1) is 0 Å². The summed E-state index contributed by atoms with van der Waals surface area (Å²) in [6.07, 6.45) is 32.4. The molecule has 5 heteroatoms. The van der Waals surface area contributed by atoms with Crippen molar-refractivity contribution in [3.8, 4) is 0 Å². The molecule has 0 aliphatic heterocycles. The number of hydrogen-bond donors (Lipinski definition) is 0. The zero-order chi connectivity index (χ0) is 23.9. The quantitative estimate of drug-likeness (QED) is 0.0390. The molecule has 0 amide bonds. The van der Waals surface area contributed by atoms with Crippen LogP contribution in [0.25, 0.3) is 0 Å². The summed E-state index contributed by atoms with van der Waals surface area (Å²) in [7, 11) is 0. The maximum Gasteiger partial charge on any atom is 0.149 e. The molecule has 0 saturated heterocycles. The minimum Gasteiger partial charge on any atom is -0.355 e. The van der Waals surface area contributed by atoms with Gasteiger partial charge in [0, 0.05) is 10.7 Å². The van der Waals surface area contributed by atoms with E-state index in [0.29, 0.717) is 26.8 Å². The van der Waals surface area contributed by atoms with E-state index in [-0.39, 0.29) is 0 Å². The number of halogens is 2. The molecule has 0 saturated carbocycles. The molecule has 0 aliphatic carbocycles. The van der Waals surface area contributed by atoms with Crippen molar-refractivity contribution in [2.75, 3.05) is 37.5 Å². The summed E-state index contributed by atoms with van der Waals surface area (Å²) in [5, 5.41) is 2.30. The lowest BCUT2D eigenvalue weighted by atomic mass is 10.1. The number of ether oxygens (including phenoxy) is 3. The molecular weight excluding hydrogens is 544 g/mol. The van der Waals surface area contributed by atoms with Crippen molar-refractivity contribution in [3.63, 3.8) is 0 Å². The van der Waals surface area contributed by atoms with E-state index >= 15 is 0 Å². The van der Waals surface area contributed by atoms with E-state index in [0.717, 1.165) is 23.5 Å². The molecule has 0 aromatic rings. The van der Waals surface area contributed by atoms with Crippen LogP contribution in [0.3, 0.4) is 0 Å². The van der Waals surface area contributed by atoms with Gasteiger partial charge in [-0.25, -0.2) is 0 Å². The second-order valence-electron chi connectivity index (χ2n) is 8.68. The normalized spacial score (nSPS) is 11.9. The van der Waals surface area contributed by atoms with Crippen LogP contribution in [0.4, 0.5) is 0 Å². The summed E-state index contributed by atoms with van der Waals surface area (Å²) in [5.74, 6) is 0. The average molecular weight is 597 g/mol. The first kappa shape index (κ1) is 33.3. The van der Waals surface area contributed by atoms with Crippen molar-refractivity contribution in [2.45, 2.75) is 116 Å². The molecule has 0 aliphatic rings. The van der Waals surface area contributed by atoms with Gasteiger partial charge in [0.05, 0.1) is 13.2 Å². The van der Waals surface area contributed by atoms with E-state index in [1.54, 1.807) is 0 Å². The predicted octanol–water partition coefficient (Wildman–Crippen LogP) is 9.88. The van der Waals surface area contributed by atoms with Gasteiger partial charge in [0.2, 0.25) is 0 Å². The van der Waals surface area contributed by atoms with Crippen LogP contribution in [-0.4, -0.2) is 37.5 Å². The number of rotatable bonds is 28. The van der Waals surface area contributed by atoms with E-state index in [2.05, 4.69) is 56.2 Å². The fourth-order valence-electron chi connectivity index (χ4n) is 3.53. The Morgan fingerprint density at radius 2 is 0.697 bits per heavy atom. The maximum atomic E-state index is 5.47. The lowest BCUT2D eigenvalue weighted by Gasteiger charge is -2.05. The van der Waals surface area contributed by atoms with Crippen LogP contribution >= 0.6 is 31.9 Å². The molecule has 0 bridgehead atoms. The van der Waals surface area contributed by atoms with Crippen LogP contribution in [0.5, 0.6) is 0 Å². The molecule has 0 aromatic heterocycles. The monoisotopic (exact) mass is 594 g/mol. The SMILES string of the molecule is BrCCCCCCCCCC=CCCOCOCOCCC=CCCCCCCCCCBr. The van der Waals surface area contributed by atoms with E-state index in [1.807, 2.05) is 0 Å². The van der Waals surface area contributed by atoms with Crippen molar-refractivity contribution in [3.05, 3.63) is 24.3 Å². The molecule has 0 N–H and O–H groups in total. The fraction of sp³-hybridized carbons (Fsp3) is 0.857. The highest BCUT2D eigenvalue weighted by Gasteiger charge is 1.93. The molecule has 0 atom stereocenters. The van der Waals surface area contributed by atoms with Crippen molar-refractivity contribution in [2.24, 2.45) is 0 Å². The van der Waals surface area contributed by atoms with E-state index in [9.17, 15) is 0 Å². The molecule has 196 valence electrons. The van der Waals surface area contributed by atoms with Gasteiger partial charge in [0.1, 0.15) is 13.6 Å². The third-order valence-electron chi connectivity index (χ3n) is 5.53. The van der Waals surface area contributed by atoms with E-state index in [4.69, 9.17) is 14.2 Å². The highest BCUT2D eigenvalue weighted by atomic mass is 79.9. The van der Waals surface area contributed by atoms with Crippen molar-refractivity contribution in [1.82, 2.24) is 0 Å². The largest absolute Gasteiger partial charge is 0.355 e. The molecule has 0 aromatic carbocycles. The zero-order valence-electron chi connectivity index (χ0n) is 21.3. The average Bonchev–Trinajstić information content (AvgIpc) is 2.83. The molecule has 0 heterocycles. The zero-order valence-corrected chi connectivity index (χ0v) is 24.4. The Kier molecular flexibility index (Phi) is 32.6. The first-order valence-corrected chi connectivity index (χ1v) is 15.8. The third kappa shape index (κ3) is 32.3. The van der Waals surface area contributed by atoms with Gasteiger partial charge >= 0.3 is 0 Å². The van der Waals surface area contributed by atoms with Gasteiger partial charge in [-0.1, -0.05) is 120 Å². The van der Waals surface area contributed by atoms with Crippen LogP contribution in [0.2, 0.25) is 0 Å². The molecule has 0 spiro atoms. The number of alkyl halides is 2. The topological polar surface area (TPSA) is 27.7 Å². The van der Waals surface area contributed by atoms with Crippen LogP contribution in [0.1, 0.15) is 116 Å². The highest BCUT2D eigenvalue weighted by Crippen LogP contribution is 2.10. The van der Waals surface area contributed by atoms with Gasteiger partial charge in [-0.15, -0.1) is 0 Å². The van der Waals surface area contributed by atoms with Crippen LogP contribution in [0.15, 0.2) is 24.3 Å². The number of allylic oxidation sites excluding steroid dienone is 2. The van der Waals surface area contributed by atoms with Crippen LogP contribution < -0.4 is 0 Å². The highest BCUT2D eigenvalue weighted by molar-refractivity contribution is 9.09. The van der Waals surface area contributed by atoms with Gasteiger partial charge < -0.3 is 14.2 Å². The third-order valence-corrected chi connectivity index (χ3v) is 6.65. The summed E-state index contributed by atoms with van der Waals surface area (Å²) in [5.41, 5.74) is 0. The molecule has 0 unspecified atom stereocenters. The molecule has 0 radical (unpaired) electrons. The number of hydrogen-bond acceptors (Lipinski definition) is 3. The summed E-state index contributed by atoms with van der Waals surface area (Å²) in [6, 6.07) is 0. The van der Waals surface area contributed by atoms with E-state index < -0.39 is 0 Å². The summed E-state index contributed by atoms with van der Waals surface area (Å²) < 4.78 is 16.3. The van der Waals surface area contributed by atoms with Gasteiger partial charge in [-0.3, -0.25) is 0 Å².